The normalized spacial score (nSPS) is 26.3. The van der Waals surface area contributed by atoms with E-state index in [0.29, 0.717) is 24.3 Å². The van der Waals surface area contributed by atoms with Gasteiger partial charge in [-0.05, 0) is 45.2 Å². The fourth-order valence-corrected chi connectivity index (χ4v) is 3.32. The smallest absolute Gasteiger partial charge is 0.120 e. The Kier molecular flexibility index (Phi) is 4.48. The minimum Gasteiger partial charge on any atom is -0.508 e. The van der Waals surface area contributed by atoms with E-state index < -0.39 is 0 Å². The van der Waals surface area contributed by atoms with Crippen molar-refractivity contribution in [1.82, 2.24) is 4.90 Å². The second kappa shape index (κ2) is 5.93. The van der Waals surface area contributed by atoms with Gasteiger partial charge in [-0.25, -0.2) is 0 Å². The van der Waals surface area contributed by atoms with Crippen LogP contribution in [0.2, 0.25) is 0 Å². The van der Waals surface area contributed by atoms with Crippen LogP contribution in [-0.2, 0) is 0 Å². The van der Waals surface area contributed by atoms with Gasteiger partial charge in [0.15, 0.2) is 0 Å². The number of aromatic hydroxyl groups is 1. The third-order valence-electron chi connectivity index (χ3n) is 4.53. The number of rotatable bonds is 3. The molecule has 0 spiro atoms. The van der Waals surface area contributed by atoms with Crippen molar-refractivity contribution in [3.8, 4) is 5.75 Å². The summed E-state index contributed by atoms with van der Waals surface area (Å²) in [5, 5.41) is 10.1. The van der Waals surface area contributed by atoms with Gasteiger partial charge in [-0.15, -0.1) is 0 Å². The predicted octanol–water partition coefficient (Wildman–Crippen LogP) is 2.82. The molecule has 1 aliphatic rings. The van der Waals surface area contributed by atoms with E-state index in [0.717, 1.165) is 12.1 Å². The Bertz CT molecular complexity index is 433. The van der Waals surface area contributed by atoms with Crippen molar-refractivity contribution in [2.75, 3.05) is 13.1 Å². The minimum absolute atomic E-state index is 0.219. The molecule has 1 saturated heterocycles. The molecule has 3 atom stereocenters. The third kappa shape index (κ3) is 2.93. The highest BCUT2D eigenvalue weighted by atomic mass is 16.3. The molecule has 1 aromatic carbocycles. The number of piperidine rings is 1. The number of phenols is 1. The van der Waals surface area contributed by atoms with Gasteiger partial charge in [-0.2, -0.15) is 0 Å². The number of nitrogens with zero attached hydrogens (tertiary/aromatic N) is 1. The van der Waals surface area contributed by atoms with Crippen LogP contribution in [-0.4, -0.2) is 29.1 Å². The quantitative estimate of drug-likeness (QED) is 0.880. The number of likely N-dealkylation sites (tertiary alicyclic amines) is 1. The van der Waals surface area contributed by atoms with Crippen molar-refractivity contribution in [3.05, 3.63) is 29.3 Å². The lowest BCUT2D eigenvalue weighted by atomic mass is 9.88. The van der Waals surface area contributed by atoms with Gasteiger partial charge in [-0.3, -0.25) is 4.90 Å². The summed E-state index contributed by atoms with van der Waals surface area (Å²) in [5.41, 5.74) is 8.17. The summed E-state index contributed by atoms with van der Waals surface area (Å²) in [6.45, 7) is 8.29. The second-order valence-corrected chi connectivity index (χ2v) is 5.90. The largest absolute Gasteiger partial charge is 0.508 e. The topological polar surface area (TPSA) is 49.5 Å². The maximum absolute atomic E-state index is 10.1. The van der Waals surface area contributed by atoms with Crippen LogP contribution >= 0.6 is 0 Å². The van der Waals surface area contributed by atoms with Gasteiger partial charge in [0.05, 0.1) is 0 Å². The van der Waals surface area contributed by atoms with E-state index in [4.69, 9.17) is 5.73 Å². The van der Waals surface area contributed by atoms with E-state index in [-0.39, 0.29) is 6.04 Å². The van der Waals surface area contributed by atoms with Crippen molar-refractivity contribution in [3.63, 3.8) is 0 Å². The number of hydrogen-bond acceptors (Lipinski definition) is 3. The van der Waals surface area contributed by atoms with Crippen LogP contribution in [0.3, 0.4) is 0 Å². The van der Waals surface area contributed by atoms with Crippen molar-refractivity contribution < 1.29 is 5.11 Å². The molecule has 0 radical (unpaired) electrons. The van der Waals surface area contributed by atoms with Crippen LogP contribution in [0.1, 0.15) is 43.9 Å². The fourth-order valence-electron chi connectivity index (χ4n) is 3.32. The molecule has 0 amide bonds. The first kappa shape index (κ1) is 14.4. The van der Waals surface area contributed by atoms with Gasteiger partial charge in [0.2, 0.25) is 0 Å². The number of hydrogen-bond donors (Lipinski definition) is 2. The molecule has 0 bridgehead atoms. The number of aryl methyl sites for hydroxylation is 1. The second-order valence-electron chi connectivity index (χ2n) is 5.90. The molecule has 106 valence electrons. The molecular formula is C16H26N2O. The predicted molar refractivity (Wildman–Crippen MR) is 79.2 cm³/mol. The maximum atomic E-state index is 10.1. The van der Waals surface area contributed by atoms with Gasteiger partial charge < -0.3 is 10.8 Å². The number of phenolic OH excluding ortho intramolecular Hbond substituents is 1. The molecule has 0 saturated carbocycles. The van der Waals surface area contributed by atoms with Gasteiger partial charge in [0, 0.05) is 24.2 Å². The Morgan fingerprint density at radius 1 is 1.47 bits per heavy atom. The van der Waals surface area contributed by atoms with E-state index in [1.165, 1.54) is 18.4 Å². The average molecular weight is 262 g/mol. The zero-order valence-corrected chi connectivity index (χ0v) is 12.3. The Labute approximate surface area is 116 Å². The van der Waals surface area contributed by atoms with Crippen LogP contribution in [0.25, 0.3) is 0 Å². The molecule has 2 rings (SSSR count). The van der Waals surface area contributed by atoms with Gasteiger partial charge in [0.25, 0.3) is 0 Å². The van der Waals surface area contributed by atoms with Crippen LogP contribution in [0, 0.1) is 12.8 Å². The third-order valence-corrected chi connectivity index (χ3v) is 4.53. The van der Waals surface area contributed by atoms with Gasteiger partial charge in [0.1, 0.15) is 5.75 Å². The summed E-state index contributed by atoms with van der Waals surface area (Å²) in [7, 11) is 0. The zero-order chi connectivity index (χ0) is 14.0. The van der Waals surface area contributed by atoms with Gasteiger partial charge in [-0.1, -0.05) is 24.6 Å². The molecule has 3 N–H and O–H groups in total. The lowest BCUT2D eigenvalue weighted by Gasteiger charge is -2.43. The Morgan fingerprint density at radius 2 is 2.21 bits per heavy atom. The molecule has 3 unspecified atom stereocenters. The molecular weight excluding hydrogens is 236 g/mol. The molecule has 3 nitrogen and oxygen atoms in total. The monoisotopic (exact) mass is 262 g/mol. The number of nitrogens with two attached hydrogens (primary N) is 1. The molecule has 1 aromatic rings. The van der Waals surface area contributed by atoms with E-state index in [9.17, 15) is 5.11 Å². The van der Waals surface area contributed by atoms with E-state index in [1.807, 2.05) is 6.07 Å². The maximum Gasteiger partial charge on any atom is 0.120 e. The highest BCUT2D eigenvalue weighted by molar-refractivity contribution is 5.37. The highest BCUT2D eigenvalue weighted by Crippen LogP contribution is 2.34. The molecule has 1 fully saturated rings. The van der Waals surface area contributed by atoms with Crippen LogP contribution in [0.15, 0.2) is 18.2 Å². The molecule has 1 aliphatic heterocycles. The van der Waals surface area contributed by atoms with Crippen LogP contribution in [0.4, 0.5) is 0 Å². The fraction of sp³-hybridized carbons (Fsp3) is 0.625. The average Bonchev–Trinajstić information content (AvgIpc) is 2.40. The minimum atomic E-state index is 0.219. The molecule has 0 aliphatic carbocycles. The van der Waals surface area contributed by atoms with Crippen molar-refractivity contribution in [2.24, 2.45) is 11.7 Å². The lowest BCUT2D eigenvalue weighted by Crippen LogP contribution is -2.49. The highest BCUT2D eigenvalue weighted by Gasteiger charge is 2.31. The lowest BCUT2D eigenvalue weighted by molar-refractivity contribution is 0.0679. The van der Waals surface area contributed by atoms with Crippen molar-refractivity contribution >= 4 is 0 Å². The standard InChI is InChI=1S/C16H26N2O/c1-11-6-7-16(19)14(9-11)13(3)18-8-4-5-12(2)15(18)10-17/h6-7,9,12-13,15,19H,4-5,8,10,17H2,1-3H3. The summed E-state index contributed by atoms with van der Waals surface area (Å²) in [6, 6.07) is 6.48. The summed E-state index contributed by atoms with van der Waals surface area (Å²) in [4.78, 5) is 2.46. The van der Waals surface area contributed by atoms with Crippen molar-refractivity contribution in [2.45, 2.75) is 45.7 Å². The van der Waals surface area contributed by atoms with Crippen LogP contribution < -0.4 is 5.73 Å². The SMILES string of the molecule is Cc1ccc(O)c(C(C)N2CCCC(C)C2CN)c1. The molecule has 1 heterocycles. The van der Waals surface area contributed by atoms with E-state index in [2.05, 4.69) is 31.7 Å². The van der Waals surface area contributed by atoms with Crippen molar-refractivity contribution in [1.29, 1.82) is 0 Å². The first-order chi connectivity index (χ1) is 9.04. The first-order valence-electron chi connectivity index (χ1n) is 7.30. The zero-order valence-electron chi connectivity index (χ0n) is 12.3. The summed E-state index contributed by atoms with van der Waals surface area (Å²) in [5.74, 6) is 1.03. The first-order valence-corrected chi connectivity index (χ1v) is 7.30. The summed E-state index contributed by atoms with van der Waals surface area (Å²) in [6.07, 6.45) is 2.47. The van der Waals surface area contributed by atoms with E-state index in [1.54, 1.807) is 6.07 Å². The van der Waals surface area contributed by atoms with Gasteiger partial charge >= 0.3 is 0 Å². The Hall–Kier alpha value is -1.06. The Morgan fingerprint density at radius 3 is 2.89 bits per heavy atom. The van der Waals surface area contributed by atoms with E-state index >= 15 is 0 Å². The molecule has 0 aromatic heterocycles. The molecule has 19 heavy (non-hydrogen) atoms. The molecule has 3 heteroatoms. The summed E-state index contributed by atoms with van der Waals surface area (Å²) >= 11 is 0. The number of benzene rings is 1. The Balaban J connectivity index is 2.26. The van der Waals surface area contributed by atoms with Crippen LogP contribution in [0.5, 0.6) is 5.75 Å². The summed E-state index contributed by atoms with van der Waals surface area (Å²) < 4.78 is 0.